The van der Waals surface area contributed by atoms with E-state index in [-0.39, 0.29) is 17.7 Å². The molecule has 186 valence electrons. The molecule has 3 aliphatic carbocycles. The van der Waals surface area contributed by atoms with E-state index < -0.39 is 17.1 Å². The van der Waals surface area contributed by atoms with Crippen molar-refractivity contribution in [3.05, 3.63) is 45.8 Å². The van der Waals surface area contributed by atoms with Crippen molar-refractivity contribution in [3.63, 3.8) is 0 Å². The van der Waals surface area contributed by atoms with E-state index in [2.05, 4.69) is 9.88 Å². The van der Waals surface area contributed by atoms with E-state index in [4.69, 9.17) is 4.74 Å². The molecular weight excluding hydrogens is 442 g/mol. The molecule has 2 aliphatic heterocycles. The van der Waals surface area contributed by atoms with Gasteiger partial charge in [-0.3, -0.25) is 9.69 Å². The van der Waals surface area contributed by atoms with E-state index in [1.807, 2.05) is 31.7 Å². The number of phenolic OH excluding ortho intramolecular Hbond substituents is 1. The topological polar surface area (TPSA) is 89.0 Å². The number of ether oxygens (including phenoxy) is 1. The van der Waals surface area contributed by atoms with Crippen LogP contribution >= 0.6 is 0 Å². The Balaban J connectivity index is 1.43. The van der Waals surface area contributed by atoms with Crippen LogP contribution in [0.2, 0.25) is 0 Å². The van der Waals surface area contributed by atoms with E-state index >= 15 is 0 Å². The van der Waals surface area contributed by atoms with E-state index in [1.165, 1.54) is 18.4 Å². The summed E-state index contributed by atoms with van der Waals surface area (Å²) in [5, 5.41) is 23.6. The number of H-pyrrole nitrogens is 1. The van der Waals surface area contributed by atoms with Gasteiger partial charge in [-0.15, -0.1) is 0 Å². The molecule has 4 atom stereocenters. The number of hydrogen-bond donors (Lipinski definition) is 3. The van der Waals surface area contributed by atoms with Crippen LogP contribution in [-0.4, -0.2) is 68.7 Å². The third-order valence-electron chi connectivity index (χ3n) is 9.90. The Morgan fingerprint density at radius 3 is 2.77 bits per heavy atom. The first-order valence-electron chi connectivity index (χ1n) is 13.3. The van der Waals surface area contributed by atoms with Crippen molar-refractivity contribution >= 4 is 5.91 Å². The number of carbonyl (C=O) groups excluding carboxylic acids is 1. The molecule has 2 aromatic rings. The first-order chi connectivity index (χ1) is 16.8. The molecule has 7 rings (SSSR count). The lowest BCUT2D eigenvalue weighted by atomic mass is 9.49. The molecule has 1 aromatic carbocycles. The second-order valence-electron chi connectivity index (χ2n) is 11.4. The summed E-state index contributed by atoms with van der Waals surface area (Å²) < 4.78 is 6.61. The average Bonchev–Trinajstić information content (AvgIpc) is 3.50. The number of piperidine rings is 1. The van der Waals surface area contributed by atoms with E-state index in [0.29, 0.717) is 31.0 Å². The van der Waals surface area contributed by atoms with Gasteiger partial charge in [0.15, 0.2) is 17.6 Å². The smallest absolute Gasteiger partial charge is 0.270 e. The highest BCUT2D eigenvalue weighted by molar-refractivity contribution is 5.94. The monoisotopic (exact) mass is 477 g/mol. The minimum Gasteiger partial charge on any atom is -0.504 e. The fraction of sp³-hybridized carbons (Fsp3) is 0.607. The van der Waals surface area contributed by atoms with Gasteiger partial charge in [-0.1, -0.05) is 6.07 Å². The summed E-state index contributed by atoms with van der Waals surface area (Å²) >= 11 is 0. The number of likely N-dealkylation sites (tertiary alicyclic amines) is 1. The maximum Gasteiger partial charge on any atom is 0.270 e. The lowest BCUT2D eigenvalue weighted by Gasteiger charge is -2.62. The lowest BCUT2D eigenvalue weighted by Crippen LogP contribution is -2.74. The normalized spacial score (nSPS) is 32.1. The zero-order chi connectivity index (χ0) is 24.3. The van der Waals surface area contributed by atoms with Gasteiger partial charge in [0.2, 0.25) is 0 Å². The molecular formula is C28H35N3O4. The predicted molar refractivity (Wildman–Crippen MR) is 131 cm³/mol. The van der Waals surface area contributed by atoms with Crippen molar-refractivity contribution in [3.8, 4) is 11.5 Å². The number of amides is 1. The molecule has 0 unspecified atom stereocenters. The summed E-state index contributed by atoms with van der Waals surface area (Å²) in [5.41, 5.74) is 3.97. The van der Waals surface area contributed by atoms with Gasteiger partial charge in [0.25, 0.3) is 5.91 Å². The maximum atomic E-state index is 13.4. The quantitative estimate of drug-likeness (QED) is 0.616. The van der Waals surface area contributed by atoms with Crippen LogP contribution in [0.25, 0.3) is 0 Å². The molecule has 7 heteroatoms. The highest BCUT2D eigenvalue weighted by atomic mass is 16.5. The summed E-state index contributed by atoms with van der Waals surface area (Å²) in [6.07, 6.45) is 4.15. The number of rotatable bonds is 5. The fourth-order valence-electron chi connectivity index (χ4n) is 7.93. The van der Waals surface area contributed by atoms with Crippen LogP contribution in [0.15, 0.2) is 12.1 Å². The van der Waals surface area contributed by atoms with Gasteiger partial charge in [-0.2, -0.15) is 0 Å². The van der Waals surface area contributed by atoms with Gasteiger partial charge in [0.05, 0.1) is 16.7 Å². The number of benzene rings is 1. The molecule has 2 fully saturated rings. The van der Waals surface area contributed by atoms with E-state index in [0.717, 1.165) is 54.2 Å². The highest BCUT2D eigenvalue weighted by Crippen LogP contribution is 2.68. The molecule has 2 bridgehead atoms. The van der Waals surface area contributed by atoms with Crippen molar-refractivity contribution < 1.29 is 19.7 Å². The number of fused-ring (bicyclic) bond motifs is 2. The Bertz CT molecular complexity index is 1250. The Morgan fingerprint density at radius 1 is 1.29 bits per heavy atom. The van der Waals surface area contributed by atoms with Crippen LogP contribution in [-0.2, 0) is 18.3 Å². The number of aromatic amines is 1. The van der Waals surface area contributed by atoms with E-state index in [9.17, 15) is 15.0 Å². The number of phenols is 1. The average molecular weight is 478 g/mol. The molecule has 1 aromatic heterocycles. The van der Waals surface area contributed by atoms with Crippen molar-refractivity contribution in [2.45, 2.75) is 76.0 Å². The highest BCUT2D eigenvalue weighted by Gasteiger charge is 2.73. The number of aromatic nitrogens is 1. The molecule has 35 heavy (non-hydrogen) atoms. The molecule has 7 nitrogen and oxygen atoms in total. The molecule has 1 amide bonds. The standard InChI is InChI=1S/C28H35N3O4/c1-4-30(5-2)26(33)22-15(3)18-13-28(34)20-12-17-8-9-19(32)24-21(17)27(28,25(35-24)23(18)29-22)10-11-31(20)14-16-6-7-16/h8-9,16,20,25,29,32,34H,4-7,10-14H2,1-3H3/t20-,25-,27-,28+/m0/s1. The van der Waals surface area contributed by atoms with Gasteiger partial charge < -0.3 is 24.8 Å². The van der Waals surface area contributed by atoms with Crippen LogP contribution in [0.1, 0.15) is 77.7 Å². The van der Waals surface area contributed by atoms with Crippen LogP contribution in [0.3, 0.4) is 0 Å². The Kier molecular flexibility index (Phi) is 4.37. The van der Waals surface area contributed by atoms with Crippen molar-refractivity contribution in [2.75, 3.05) is 26.2 Å². The van der Waals surface area contributed by atoms with Crippen molar-refractivity contribution in [2.24, 2.45) is 5.92 Å². The number of carbonyl (C=O) groups is 1. The Hall–Kier alpha value is -2.51. The first kappa shape index (κ1) is 21.7. The summed E-state index contributed by atoms with van der Waals surface area (Å²) in [5.74, 6) is 1.40. The van der Waals surface area contributed by atoms with Crippen LogP contribution in [0.5, 0.6) is 11.5 Å². The fourth-order valence-corrected chi connectivity index (χ4v) is 7.93. The van der Waals surface area contributed by atoms with Crippen LogP contribution in [0, 0.1) is 12.8 Å². The number of nitrogens with zero attached hydrogens (tertiary/aromatic N) is 2. The molecule has 3 heterocycles. The summed E-state index contributed by atoms with van der Waals surface area (Å²) in [4.78, 5) is 21.2. The number of aliphatic hydroxyl groups is 1. The molecule has 3 N–H and O–H groups in total. The largest absolute Gasteiger partial charge is 0.504 e. The van der Waals surface area contributed by atoms with Gasteiger partial charge in [0.1, 0.15) is 5.69 Å². The Morgan fingerprint density at radius 2 is 2.06 bits per heavy atom. The number of nitrogens with one attached hydrogen (secondary N) is 1. The van der Waals surface area contributed by atoms with Gasteiger partial charge in [-0.05, 0) is 81.7 Å². The van der Waals surface area contributed by atoms with Crippen molar-refractivity contribution in [1.29, 1.82) is 0 Å². The minimum absolute atomic E-state index is 0.00433. The van der Waals surface area contributed by atoms with Crippen molar-refractivity contribution in [1.82, 2.24) is 14.8 Å². The van der Waals surface area contributed by atoms with Crippen LogP contribution < -0.4 is 4.74 Å². The SMILES string of the molecule is CCN(CC)C(=O)c1[nH]c2c(c1C)C[C@@]1(O)[C@@H]3Cc4ccc(O)c5c4[C@@]1(CCN3CC1CC1)[C@H]2O5. The van der Waals surface area contributed by atoms with Crippen LogP contribution in [0.4, 0.5) is 0 Å². The molecule has 0 radical (unpaired) electrons. The Labute approximate surface area is 206 Å². The second-order valence-corrected chi connectivity index (χ2v) is 11.4. The van der Waals surface area contributed by atoms with Gasteiger partial charge >= 0.3 is 0 Å². The molecule has 1 saturated heterocycles. The van der Waals surface area contributed by atoms with E-state index in [1.54, 1.807) is 6.07 Å². The second kappa shape index (κ2) is 7.04. The summed E-state index contributed by atoms with van der Waals surface area (Å²) in [6.45, 7) is 9.24. The number of aromatic hydroxyl groups is 1. The third kappa shape index (κ3) is 2.56. The van der Waals surface area contributed by atoms with Gasteiger partial charge in [0, 0.05) is 37.7 Å². The predicted octanol–water partition coefficient (Wildman–Crippen LogP) is 3.21. The molecule has 1 spiro atoms. The molecule has 1 saturated carbocycles. The summed E-state index contributed by atoms with van der Waals surface area (Å²) in [7, 11) is 0. The van der Waals surface area contributed by atoms with Gasteiger partial charge in [-0.25, -0.2) is 0 Å². The lowest BCUT2D eigenvalue weighted by molar-refractivity contribution is -0.173. The first-order valence-corrected chi connectivity index (χ1v) is 13.3. The maximum absolute atomic E-state index is 13.4. The zero-order valence-electron chi connectivity index (χ0n) is 20.9. The zero-order valence-corrected chi connectivity index (χ0v) is 20.9. The molecule has 5 aliphatic rings. The summed E-state index contributed by atoms with van der Waals surface area (Å²) in [6, 6.07) is 3.76. The minimum atomic E-state index is -1.02. The number of hydrogen-bond acceptors (Lipinski definition) is 5. The third-order valence-corrected chi connectivity index (χ3v) is 9.90.